The number of hydrogen-bond acceptors (Lipinski definition) is 2. The monoisotopic (exact) mass is 278 g/mol. The molecule has 3 aromatic heterocycles. The zero-order chi connectivity index (χ0) is 14.2. The van der Waals surface area contributed by atoms with Gasteiger partial charge >= 0.3 is 0 Å². The predicted octanol–water partition coefficient (Wildman–Crippen LogP) is 3.53. The number of rotatable bonds is 2. The molecule has 0 amide bonds. The highest BCUT2D eigenvalue weighted by atomic mass is 19.1. The topological polar surface area (TPSA) is 46.0 Å². The smallest absolute Gasteiger partial charge is 0.136 e. The first-order valence-corrected chi connectivity index (χ1v) is 6.54. The van der Waals surface area contributed by atoms with Crippen molar-refractivity contribution >= 4 is 5.65 Å². The van der Waals surface area contributed by atoms with Crippen molar-refractivity contribution in [1.82, 2.24) is 19.6 Å². The van der Waals surface area contributed by atoms with Gasteiger partial charge in [0.2, 0.25) is 0 Å². The van der Waals surface area contributed by atoms with Crippen LogP contribution in [0.2, 0.25) is 0 Å². The first kappa shape index (κ1) is 11.8. The van der Waals surface area contributed by atoms with Crippen molar-refractivity contribution in [2.75, 3.05) is 0 Å². The van der Waals surface area contributed by atoms with Crippen molar-refractivity contribution in [3.8, 4) is 22.4 Å². The maximum absolute atomic E-state index is 14.0. The van der Waals surface area contributed by atoms with Gasteiger partial charge in [-0.3, -0.25) is 5.10 Å². The SMILES string of the molecule is Fc1ccccc1-c1[nH]ncc1-c1ccc2nccn2c1. The van der Waals surface area contributed by atoms with E-state index in [0.717, 1.165) is 16.8 Å². The van der Waals surface area contributed by atoms with E-state index in [1.807, 2.05) is 35.0 Å². The van der Waals surface area contributed by atoms with E-state index in [-0.39, 0.29) is 5.82 Å². The largest absolute Gasteiger partial charge is 0.306 e. The molecule has 5 heteroatoms. The molecule has 21 heavy (non-hydrogen) atoms. The van der Waals surface area contributed by atoms with Gasteiger partial charge < -0.3 is 4.40 Å². The standard InChI is InChI=1S/C16H11FN4/c17-14-4-2-1-3-12(14)16-13(9-19-20-16)11-5-6-15-18-7-8-21(15)10-11/h1-10H,(H,19,20). The molecule has 0 saturated carbocycles. The molecule has 0 radical (unpaired) electrons. The Hall–Kier alpha value is -2.95. The number of benzene rings is 1. The maximum Gasteiger partial charge on any atom is 0.136 e. The van der Waals surface area contributed by atoms with Crippen LogP contribution in [0.4, 0.5) is 4.39 Å². The Bertz CT molecular complexity index is 923. The van der Waals surface area contributed by atoms with Crippen LogP contribution < -0.4 is 0 Å². The molecule has 4 rings (SSSR count). The highest BCUT2D eigenvalue weighted by Crippen LogP contribution is 2.31. The molecule has 0 aliphatic rings. The van der Waals surface area contributed by atoms with Crippen LogP contribution in [0, 0.1) is 5.82 Å². The molecule has 0 fully saturated rings. The van der Waals surface area contributed by atoms with Gasteiger partial charge in [0.25, 0.3) is 0 Å². The maximum atomic E-state index is 14.0. The molecule has 1 aromatic carbocycles. The van der Waals surface area contributed by atoms with Crippen LogP contribution in [0.3, 0.4) is 0 Å². The fourth-order valence-electron chi connectivity index (χ4n) is 2.45. The number of nitrogens with one attached hydrogen (secondary N) is 1. The second-order valence-electron chi connectivity index (χ2n) is 4.75. The number of fused-ring (bicyclic) bond motifs is 1. The number of H-pyrrole nitrogens is 1. The highest BCUT2D eigenvalue weighted by Gasteiger charge is 2.13. The molecule has 4 nitrogen and oxygen atoms in total. The minimum absolute atomic E-state index is 0.272. The molecular formula is C16H11FN4. The Kier molecular flexibility index (Phi) is 2.57. The molecule has 0 atom stereocenters. The third kappa shape index (κ3) is 1.90. The minimum atomic E-state index is -0.272. The summed E-state index contributed by atoms with van der Waals surface area (Å²) in [6.07, 6.45) is 7.28. The molecule has 0 bridgehead atoms. The average Bonchev–Trinajstić information content (AvgIpc) is 3.15. The summed E-state index contributed by atoms with van der Waals surface area (Å²) in [7, 11) is 0. The summed E-state index contributed by atoms with van der Waals surface area (Å²) in [5.74, 6) is -0.272. The Morgan fingerprint density at radius 3 is 2.86 bits per heavy atom. The van der Waals surface area contributed by atoms with Crippen LogP contribution in [0.25, 0.3) is 28.0 Å². The number of aromatic nitrogens is 4. The van der Waals surface area contributed by atoms with E-state index in [2.05, 4.69) is 15.2 Å². The van der Waals surface area contributed by atoms with Crippen molar-refractivity contribution < 1.29 is 4.39 Å². The molecule has 0 saturated heterocycles. The summed E-state index contributed by atoms with van der Waals surface area (Å²) in [5, 5.41) is 6.96. The molecule has 0 aliphatic carbocycles. The molecule has 0 unspecified atom stereocenters. The van der Waals surface area contributed by atoms with E-state index >= 15 is 0 Å². The van der Waals surface area contributed by atoms with Crippen LogP contribution in [-0.2, 0) is 0 Å². The van der Waals surface area contributed by atoms with E-state index in [4.69, 9.17) is 0 Å². The second kappa shape index (κ2) is 4.56. The zero-order valence-corrected chi connectivity index (χ0v) is 11.0. The van der Waals surface area contributed by atoms with E-state index in [9.17, 15) is 4.39 Å². The molecule has 3 heterocycles. The number of aromatic amines is 1. The Morgan fingerprint density at radius 2 is 1.95 bits per heavy atom. The van der Waals surface area contributed by atoms with Gasteiger partial charge in [0.1, 0.15) is 11.5 Å². The Morgan fingerprint density at radius 1 is 1.05 bits per heavy atom. The lowest BCUT2D eigenvalue weighted by molar-refractivity contribution is 0.630. The van der Waals surface area contributed by atoms with Crippen LogP contribution >= 0.6 is 0 Å². The molecule has 0 spiro atoms. The van der Waals surface area contributed by atoms with Gasteiger partial charge in [0.15, 0.2) is 0 Å². The number of pyridine rings is 1. The first-order valence-electron chi connectivity index (χ1n) is 6.54. The normalized spacial score (nSPS) is 11.1. The summed E-state index contributed by atoms with van der Waals surface area (Å²) >= 11 is 0. The summed E-state index contributed by atoms with van der Waals surface area (Å²) in [6.45, 7) is 0. The van der Waals surface area contributed by atoms with Crippen molar-refractivity contribution in [3.63, 3.8) is 0 Å². The van der Waals surface area contributed by atoms with Crippen LogP contribution in [0.15, 0.2) is 61.2 Å². The molecule has 102 valence electrons. The van der Waals surface area contributed by atoms with Crippen LogP contribution in [0.1, 0.15) is 0 Å². The van der Waals surface area contributed by atoms with Gasteiger partial charge in [-0.25, -0.2) is 9.37 Å². The van der Waals surface area contributed by atoms with Crippen LogP contribution in [0.5, 0.6) is 0 Å². The highest BCUT2D eigenvalue weighted by molar-refractivity contribution is 5.80. The van der Waals surface area contributed by atoms with E-state index in [1.165, 1.54) is 6.07 Å². The Balaban J connectivity index is 1.90. The fraction of sp³-hybridized carbons (Fsp3) is 0. The number of nitrogens with zero attached hydrogens (tertiary/aromatic N) is 3. The van der Waals surface area contributed by atoms with Crippen molar-refractivity contribution in [3.05, 3.63) is 67.0 Å². The first-order chi connectivity index (χ1) is 10.3. The van der Waals surface area contributed by atoms with Crippen molar-refractivity contribution in [1.29, 1.82) is 0 Å². The lowest BCUT2D eigenvalue weighted by atomic mass is 10.0. The summed E-state index contributed by atoms with van der Waals surface area (Å²) < 4.78 is 15.9. The van der Waals surface area contributed by atoms with Crippen molar-refractivity contribution in [2.24, 2.45) is 0 Å². The predicted molar refractivity (Wildman–Crippen MR) is 78.2 cm³/mol. The molecular weight excluding hydrogens is 267 g/mol. The van der Waals surface area contributed by atoms with Gasteiger partial charge in [-0.15, -0.1) is 0 Å². The van der Waals surface area contributed by atoms with Gasteiger partial charge in [-0.05, 0) is 24.3 Å². The third-order valence-corrected chi connectivity index (χ3v) is 3.48. The van der Waals surface area contributed by atoms with E-state index < -0.39 is 0 Å². The molecule has 4 aromatic rings. The van der Waals surface area contributed by atoms with Gasteiger partial charge in [0, 0.05) is 35.3 Å². The quantitative estimate of drug-likeness (QED) is 0.609. The Labute approximate surface area is 119 Å². The molecule has 1 N–H and O–H groups in total. The summed E-state index contributed by atoms with van der Waals surface area (Å²) in [5.41, 5.74) is 3.86. The molecule has 0 aliphatic heterocycles. The third-order valence-electron chi connectivity index (χ3n) is 3.48. The second-order valence-corrected chi connectivity index (χ2v) is 4.75. The summed E-state index contributed by atoms with van der Waals surface area (Å²) in [6, 6.07) is 10.5. The van der Waals surface area contributed by atoms with Gasteiger partial charge in [0.05, 0.1) is 11.9 Å². The minimum Gasteiger partial charge on any atom is -0.306 e. The van der Waals surface area contributed by atoms with Crippen LogP contribution in [-0.4, -0.2) is 19.6 Å². The number of halogens is 1. The van der Waals surface area contributed by atoms with Gasteiger partial charge in [-0.2, -0.15) is 5.10 Å². The summed E-state index contributed by atoms with van der Waals surface area (Å²) in [4.78, 5) is 4.22. The average molecular weight is 278 g/mol. The van der Waals surface area contributed by atoms with Crippen molar-refractivity contribution in [2.45, 2.75) is 0 Å². The lowest BCUT2D eigenvalue weighted by Crippen LogP contribution is -1.89. The number of hydrogen-bond donors (Lipinski definition) is 1. The van der Waals surface area contributed by atoms with E-state index in [0.29, 0.717) is 11.3 Å². The van der Waals surface area contributed by atoms with Gasteiger partial charge in [-0.1, -0.05) is 12.1 Å². The number of imidazole rings is 1. The fourth-order valence-corrected chi connectivity index (χ4v) is 2.45. The lowest BCUT2D eigenvalue weighted by Gasteiger charge is -2.05. The van der Waals surface area contributed by atoms with E-state index in [1.54, 1.807) is 24.5 Å². The zero-order valence-electron chi connectivity index (χ0n) is 11.0.